The van der Waals surface area contributed by atoms with Gasteiger partial charge in [-0.15, -0.1) is 0 Å². The number of rotatable bonds is 5. The molecule has 0 saturated carbocycles. The highest BCUT2D eigenvalue weighted by Crippen LogP contribution is 2.21. The summed E-state index contributed by atoms with van der Waals surface area (Å²) in [5.74, 6) is -0.422. The summed E-state index contributed by atoms with van der Waals surface area (Å²) in [6.07, 6.45) is 1.17. The van der Waals surface area contributed by atoms with Crippen LogP contribution in [0.2, 0.25) is 0 Å². The van der Waals surface area contributed by atoms with Gasteiger partial charge >= 0.3 is 0 Å². The van der Waals surface area contributed by atoms with Gasteiger partial charge in [0.1, 0.15) is 5.82 Å². The standard InChI is InChI=1S/C14H21FN2O/c1-4-14(16,5-2)13(18)17(6-3)12-9-7-11(15)8-10-12/h7-10H,4-6,16H2,1-3H3. The van der Waals surface area contributed by atoms with Crippen molar-refractivity contribution in [2.45, 2.75) is 39.2 Å². The molecule has 18 heavy (non-hydrogen) atoms. The lowest BCUT2D eigenvalue weighted by Gasteiger charge is -2.32. The number of halogens is 1. The van der Waals surface area contributed by atoms with Crippen LogP contribution in [0.3, 0.4) is 0 Å². The predicted molar refractivity (Wildman–Crippen MR) is 71.9 cm³/mol. The summed E-state index contributed by atoms with van der Waals surface area (Å²) in [5, 5.41) is 0. The van der Waals surface area contributed by atoms with Crippen LogP contribution >= 0.6 is 0 Å². The maximum absolute atomic E-state index is 12.9. The number of benzene rings is 1. The van der Waals surface area contributed by atoms with E-state index in [9.17, 15) is 9.18 Å². The zero-order valence-electron chi connectivity index (χ0n) is 11.2. The molecule has 0 saturated heterocycles. The van der Waals surface area contributed by atoms with Gasteiger partial charge in [-0.3, -0.25) is 4.79 Å². The Balaban J connectivity index is 3.03. The Morgan fingerprint density at radius 2 is 1.72 bits per heavy atom. The van der Waals surface area contributed by atoms with Crippen LogP contribution in [0.4, 0.5) is 10.1 Å². The van der Waals surface area contributed by atoms with Crippen molar-refractivity contribution in [1.82, 2.24) is 0 Å². The van der Waals surface area contributed by atoms with Crippen LogP contribution in [0, 0.1) is 5.82 Å². The fourth-order valence-electron chi connectivity index (χ4n) is 1.89. The predicted octanol–water partition coefficient (Wildman–Crippen LogP) is 2.70. The van der Waals surface area contributed by atoms with E-state index >= 15 is 0 Å². The zero-order chi connectivity index (χ0) is 13.8. The van der Waals surface area contributed by atoms with E-state index in [1.807, 2.05) is 20.8 Å². The van der Waals surface area contributed by atoms with Crippen LogP contribution in [0.5, 0.6) is 0 Å². The van der Waals surface area contributed by atoms with Gasteiger partial charge in [0.25, 0.3) is 0 Å². The van der Waals surface area contributed by atoms with Gasteiger partial charge in [-0.1, -0.05) is 13.8 Å². The first kappa shape index (κ1) is 14.6. The van der Waals surface area contributed by atoms with Crippen molar-refractivity contribution >= 4 is 11.6 Å². The molecule has 1 aromatic carbocycles. The first-order chi connectivity index (χ1) is 8.48. The van der Waals surface area contributed by atoms with Gasteiger partial charge in [0.2, 0.25) is 5.91 Å². The van der Waals surface area contributed by atoms with Gasteiger partial charge < -0.3 is 10.6 Å². The van der Waals surface area contributed by atoms with Crippen LogP contribution < -0.4 is 10.6 Å². The average molecular weight is 252 g/mol. The lowest BCUT2D eigenvalue weighted by atomic mass is 9.92. The second-order valence-electron chi connectivity index (χ2n) is 4.39. The summed E-state index contributed by atoms with van der Waals surface area (Å²) in [6.45, 7) is 6.20. The molecule has 0 radical (unpaired) electrons. The number of carbonyl (C=O) groups is 1. The van der Waals surface area contributed by atoms with E-state index in [1.165, 1.54) is 12.1 Å². The van der Waals surface area contributed by atoms with E-state index in [1.54, 1.807) is 17.0 Å². The molecule has 0 heterocycles. The Hall–Kier alpha value is -1.42. The third-order valence-electron chi connectivity index (χ3n) is 3.39. The zero-order valence-corrected chi connectivity index (χ0v) is 11.2. The molecule has 0 atom stereocenters. The van der Waals surface area contributed by atoms with Crippen molar-refractivity contribution in [3.63, 3.8) is 0 Å². The summed E-state index contributed by atoms with van der Waals surface area (Å²) >= 11 is 0. The van der Waals surface area contributed by atoms with Gasteiger partial charge in [0.15, 0.2) is 0 Å². The summed E-state index contributed by atoms with van der Waals surface area (Å²) in [6, 6.07) is 5.90. The molecule has 0 aromatic heterocycles. The molecular formula is C14H21FN2O. The second kappa shape index (κ2) is 5.96. The molecular weight excluding hydrogens is 231 g/mol. The van der Waals surface area contributed by atoms with Crippen LogP contribution in [0.15, 0.2) is 24.3 Å². The van der Waals surface area contributed by atoms with Crippen LogP contribution in [0.1, 0.15) is 33.6 Å². The topological polar surface area (TPSA) is 46.3 Å². The molecule has 2 N–H and O–H groups in total. The summed E-state index contributed by atoms with van der Waals surface area (Å²) in [7, 11) is 0. The smallest absolute Gasteiger partial charge is 0.247 e. The van der Waals surface area contributed by atoms with Crippen LogP contribution in [0.25, 0.3) is 0 Å². The third-order valence-corrected chi connectivity index (χ3v) is 3.39. The number of hydrogen-bond donors (Lipinski definition) is 1. The Bertz CT molecular complexity index is 399. The first-order valence-electron chi connectivity index (χ1n) is 6.35. The highest BCUT2D eigenvalue weighted by Gasteiger charge is 2.34. The average Bonchev–Trinajstić information content (AvgIpc) is 2.40. The van der Waals surface area contributed by atoms with Crippen molar-refractivity contribution in [2.75, 3.05) is 11.4 Å². The lowest BCUT2D eigenvalue weighted by Crippen LogP contribution is -2.54. The van der Waals surface area contributed by atoms with Crippen molar-refractivity contribution < 1.29 is 9.18 Å². The van der Waals surface area contributed by atoms with E-state index in [0.717, 1.165) is 0 Å². The lowest BCUT2D eigenvalue weighted by molar-refractivity contribution is -0.123. The number of nitrogens with zero attached hydrogens (tertiary/aromatic N) is 1. The molecule has 0 bridgehead atoms. The Morgan fingerprint density at radius 3 is 2.11 bits per heavy atom. The van der Waals surface area contributed by atoms with Crippen molar-refractivity contribution in [3.05, 3.63) is 30.1 Å². The summed E-state index contributed by atoms with van der Waals surface area (Å²) < 4.78 is 12.9. The molecule has 0 spiro atoms. The minimum absolute atomic E-state index is 0.110. The van der Waals surface area contributed by atoms with E-state index in [0.29, 0.717) is 25.1 Å². The minimum atomic E-state index is -0.843. The van der Waals surface area contributed by atoms with Gasteiger partial charge in [-0.25, -0.2) is 4.39 Å². The summed E-state index contributed by atoms with van der Waals surface area (Å²) in [4.78, 5) is 14.1. The van der Waals surface area contributed by atoms with E-state index in [4.69, 9.17) is 5.73 Å². The second-order valence-corrected chi connectivity index (χ2v) is 4.39. The highest BCUT2D eigenvalue weighted by molar-refractivity contribution is 6.00. The van der Waals surface area contributed by atoms with Crippen LogP contribution in [-0.2, 0) is 4.79 Å². The molecule has 100 valence electrons. The highest BCUT2D eigenvalue weighted by atomic mass is 19.1. The Labute approximate surface area is 108 Å². The molecule has 4 heteroatoms. The van der Waals surface area contributed by atoms with Gasteiger partial charge in [0, 0.05) is 12.2 Å². The largest absolute Gasteiger partial charge is 0.317 e. The van der Waals surface area contributed by atoms with Crippen LogP contribution in [-0.4, -0.2) is 18.0 Å². The first-order valence-corrected chi connectivity index (χ1v) is 6.35. The molecule has 3 nitrogen and oxygen atoms in total. The van der Waals surface area contributed by atoms with Gasteiger partial charge in [0.05, 0.1) is 5.54 Å². The Morgan fingerprint density at radius 1 is 1.22 bits per heavy atom. The molecule has 0 fully saturated rings. The molecule has 0 unspecified atom stereocenters. The maximum Gasteiger partial charge on any atom is 0.247 e. The van der Waals surface area contributed by atoms with Gasteiger partial charge in [-0.05, 0) is 44.0 Å². The third kappa shape index (κ3) is 2.88. The molecule has 1 rings (SSSR count). The SMILES string of the molecule is CCN(C(=O)C(N)(CC)CC)c1ccc(F)cc1. The maximum atomic E-state index is 12.9. The number of carbonyl (C=O) groups excluding carboxylic acids is 1. The molecule has 0 aliphatic heterocycles. The molecule has 1 aromatic rings. The molecule has 1 amide bonds. The normalized spacial score (nSPS) is 11.4. The summed E-state index contributed by atoms with van der Waals surface area (Å²) in [5.41, 5.74) is 5.96. The number of nitrogens with two attached hydrogens (primary N) is 1. The van der Waals surface area contributed by atoms with Crippen molar-refractivity contribution in [1.29, 1.82) is 0 Å². The Kier molecular flexibility index (Phi) is 4.84. The monoisotopic (exact) mass is 252 g/mol. The van der Waals surface area contributed by atoms with E-state index < -0.39 is 5.54 Å². The van der Waals surface area contributed by atoms with Crippen molar-refractivity contribution in [3.8, 4) is 0 Å². The molecule has 0 aliphatic rings. The number of anilines is 1. The van der Waals surface area contributed by atoms with E-state index in [-0.39, 0.29) is 11.7 Å². The van der Waals surface area contributed by atoms with Crippen molar-refractivity contribution in [2.24, 2.45) is 5.73 Å². The minimum Gasteiger partial charge on any atom is -0.317 e. The number of hydrogen-bond acceptors (Lipinski definition) is 2. The molecule has 0 aliphatic carbocycles. The number of likely N-dealkylation sites (N-methyl/N-ethyl adjacent to an activating group) is 1. The fourth-order valence-corrected chi connectivity index (χ4v) is 1.89. The quantitative estimate of drug-likeness (QED) is 0.875. The fraction of sp³-hybridized carbons (Fsp3) is 0.500. The number of amides is 1. The van der Waals surface area contributed by atoms with Gasteiger partial charge in [-0.2, -0.15) is 0 Å². The van der Waals surface area contributed by atoms with E-state index in [2.05, 4.69) is 0 Å².